The van der Waals surface area contributed by atoms with Crippen molar-refractivity contribution in [1.29, 1.82) is 0 Å². The summed E-state index contributed by atoms with van der Waals surface area (Å²) in [6, 6.07) is 24.6. The number of halogens is 2. The molecule has 0 fully saturated rings. The molecule has 5 heteroatoms. The van der Waals surface area contributed by atoms with Crippen LogP contribution in [0.3, 0.4) is 0 Å². The largest absolute Gasteiger partial charge is 0.344 e. The van der Waals surface area contributed by atoms with Crippen LogP contribution in [0.15, 0.2) is 78.9 Å². The minimum absolute atomic E-state index is 0. The molecule has 134 valence electrons. The zero-order valence-corrected chi connectivity index (χ0v) is 15.6. The van der Waals surface area contributed by atoms with E-state index in [2.05, 4.69) is 5.32 Å². The Hall–Kier alpha value is -2.33. The molecule has 3 N–H and O–H groups in total. The van der Waals surface area contributed by atoms with Crippen LogP contribution in [0.4, 0.5) is 0 Å². The van der Waals surface area contributed by atoms with Gasteiger partial charge in [0.1, 0.15) is 0 Å². The van der Waals surface area contributed by atoms with E-state index in [0.29, 0.717) is 17.1 Å². The lowest BCUT2D eigenvalue weighted by atomic mass is 10.0. The van der Waals surface area contributed by atoms with Crippen molar-refractivity contribution in [3.63, 3.8) is 0 Å². The Morgan fingerprint density at radius 2 is 1.58 bits per heavy atom. The lowest BCUT2D eigenvalue weighted by molar-refractivity contribution is 0.0938. The summed E-state index contributed by atoms with van der Waals surface area (Å²) in [5.41, 5.74) is 9.34. The third-order valence-electron chi connectivity index (χ3n) is 4.03. The molecular weight excluding hydrogens is 367 g/mol. The van der Waals surface area contributed by atoms with Crippen molar-refractivity contribution >= 4 is 29.9 Å². The molecule has 26 heavy (non-hydrogen) atoms. The quantitative estimate of drug-likeness (QED) is 0.657. The number of amides is 1. The van der Waals surface area contributed by atoms with Crippen LogP contribution in [0.5, 0.6) is 0 Å². The molecular formula is C21H20Cl2N2O. The SMILES string of the molecule is Cl.NC[C@H](NC(=O)c1cccc(-c2cccc(Cl)c2)c1)c1ccccc1. The Labute approximate surface area is 164 Å². The maximum Gasteiger partial charge on any atom is 0.251 e. The first-order valence-electron chi connectivity index (χ1n) is 8.09. The van der Waals surface area contributed by atoms with Crippen LogP contribution in [0.2, 0.25) is 5.02 Å². The molecule has 3 rings (SSSR count). The normalized spacial score (nSPS) is 11.3. The zero-order chi connectivity index (χ0) is 17.6. The van der Waals surface area contributed by atoms with E-state index < -0.39 is 0 Å². The number of carbonyl (C=O) groups excluding carboxylic acids is 1. The maximum atomic E-state index is 12.6. The fourth-order valence-corrected chi connectivity index (χ4v) is 2.90. The van der Waals surface area contributed by atoms with E-state index >= 15 is 0 Å². The molecule has 3 nitrogen and oxygen atoms in total. The molecule has 1 amide bonds. The summed E-state index contributed by atoms with van der Waals surface area (Å²) in [5, 5.41) is 3.67. The average Bonchev–Trinajstić information content (AvgIpc) is 2.66. The average molecular weight is 387 g/mol. The first-order chi connectivity index (χ1) is 12.2. The van der Waals surface area contributed by atoms with Gasteiger partial charge in [-0.3, -0.25) is 4.79 Å². The summed E-state index contributed by atoms with van der Waals surface area (Å²) in [6.07, 6.45) is 0. The first kappa shape index (κ1) is 20.0. The number of hydrogen-bond acceptors (Lipinski definition) is 2. The van der Waals surface area contributed by atoms with Crippen LogP contribution in [-0.4, -0.2) is 12.5 Å². The Balaban J connectivity index is 0.00000243. The smallest absolute Gasteiger partial charge is 0.251 e. The molecule has 0 aromatic heterocycles. The van der Waals surface area contributed by atoms with E-state index in [0.717, 1.165) is 16.7 Å². The van der Waals surface area contributed by atoms with E-state index in [1.54, 1.807) is 6.07 Å². The second-order valence-electron chi connectivity index (χ2n) is 5.76. The molecule has 3 aromatic carbocycles. The lowest BCUT2D eigenvalue weighted by Gasteiger charge is -2.17. The highest BCUT2D eigenvalue weighted by molar-refractivity contribution is 6.30. The Morgan fingerprint density at radius 3 is 2.23 bits per heavy atom. The fourth-order valence-electron chi connectivity index (χ4n) is 2.71. The molecule has 0 saturated heterocycles. The van der Waals surface area contributed by atoms with E-state index in [4.69, 9.17) is 17.3 Å². The standard InChI is InChI=1S/C21H19ClN2O.ClH/c22-19-11-5-9-17(13-19)16-8-4-10-18(12-16)21(25)24-20(14-23)15-6-2-1-3-7-15;/h1-13,20H,14,23H2,(H,24,25);1H/t20-;/m0./s1. The van der Waals surface area contributed by atoms with Crippen LogP contribution in [-0.2, 0) is 0 Å². The molecule has 3 aromatic rings. The van der Waals surface area contributed by atoms with E-state index in [9.17, 15) is 4.79 Å². The van der Waals surface area contributed by atoms with E-state index in [-0.39, 0.29) is 24.4 Å². The van der Waals surface area contributed by atoms with Crippen LogP contribution in [0, 0.1) is 0 Å². The van der Waals surface area contributed by atoms with E-state index in [1.807, 2.05) is 72.8 Å². The monoisotopic (exact) mass is 386 g/mol. The van der Waals surface area contributed by atoms with Gasteiger partial charge in [0.15, 0.2) is 0 Å². The van der Waals surface area contributed by atoms with Gasteiger partial charge in [0.25, 0.3) is 5.91 Å². The summed E-state index contributed by atoms with van der Waals surface area (Å²) in [6.45, 7) is 0.337. The molecule has 0 saturated carbocycles. The molecule has 0 aliphatic carbocycles. The summed E-state index contributed by atoms with van der Waals surface area (Å²) in [4.78, 5) is 12.6. The summed E-state index contributed by atoms with van der Waals surface area (Å²) in [5.74, 6) is -0.150. The first-order valence-corrected chi connectivity index (χ1v) is 8.47. The number of nitrogens with one attached hydrogen (secondary N) is 1. The van der Waals surface area contributed by atoms with Gasteiger partial charge in [-0.1, -0.05) is 66.2 Å². The third kappa shape index (κ3) is 4.85. The van der Waals surface area contributed by atoms with Crippen molar-refractivity contribution in [2.75, 3.05) is 6.54 Å². The fraction of sp³-hybridized carbons (Fsp3) is 0.0952. The van der Waals surface area contributed by atoms with E-state index in [1.165, 1.54) is 0 Å². The van der Waals surface area contributed by atoms with Crippen LogP contribution >= 0.6 is 24.0 Å². The van der Waals surface area contributed by atoms with Crippen LogP contribution in [0.25, 0.3) is 11.1 Å². The van der Waals surface area contributed by atoms with Gasteiger partial charge in [-0.25, -0.2) is 0 Å². The van der Waals surface area contributed by atoms with Gasteiger partial charge < -0.3 is 11.1 Å². The van der Waals surface area contributed by atoms with Gasteiger partial charge >= 0.3 is 0 Å². The lowest BCUT2D eigenvalue weighted by Crippen LogP contribution is -2.33. The molecule has 0 heterocycles. The molecule has 0 aliphatic rings. The van der Waals surface area contributed by atoms with Crippen LogP contribution in [0.1, 0.15) is 22.0 Å². The summed E-state index contributed by atoms with van der Waals surface area (Å²) in [7, 11) is 0. The highest BCUT2D eigenvalue weighted by atomic mass is 35.5. The van der Waals surface area contributed by atoms with Crippen molar-refractivity contribution in [2.45, 2.75) is 6.04 Å². The molecule has 0 unspecified atom stereocenters. The number of rotatable bonds is 5. The highest BCUT2D eigenvalue weighted by Crippen LogP contribution is 2.24. The second-order valence-corrected chi connectivity index (χ2v) is 6.20. The van der Waals surface area contributed by atoms with Crippen LogP contribution < -0.4 is 11.1 Å². The Kier molecular flexibility index (Phi) is 7.22. The second kappa shape index (κ2) is 9.39. The maximum absolute atomic E-state index is 12.6. The Morgan fingerprint density at radius 1 is 0.923 bits per heavy atom. The minimum Gasteiger partial charge on any atom is -0.344 e. The Bertz CT molecular complexity index is 869. The number of nitrogens with two attached hydrogens (primary N) is 1. The van der Waals surface area contributed by atoms with Gasteiger partial charge in [-0.15, -0.1) is 12.4 Å². The van der Waals surface area contributed by atoms with Gasteiger partial charge in [-0.05, 0) is 41.0 Å². The van der Waals surface area contributed by atoms with Gasteiger partial charge in [0.2, 0.25) is 0 Å². The van der Waals surface area contributed by atoms with Crippen molar-refractivity contribution in [2.24, 2.45) is 5.73 Å². The number of benzene rings is 3. The highest BCUT2D eigenvalue weighted by Gasteiger charge is 2.14. The summed E-state index contributed by atoms with van der Waals surface area (Å²) >= 11 is 6.06. The minimum atomic E-state index is -0.219. The van der Waals surface area contributed by atoms with Crippen molar-refractivity contribution < 1.29 is 4.79 Å². The molecule has 1 atom stereocenters. The van der Waals surface area contributed by atoms with Gasteiger partial charge in [0, 0.05) is 17.1 Å². The van der Waals surface area contributed by atoms with Gasteiger partial charge in [0.05, 0.1) is 6.04 Å². The van der Waals surface area contributed by atoms with Gasteiger partial charge in [-0.2, -0.15) is 0 Å². The van der Waals surface area contributed by atoms with Crippen molar-refractivity contribution in [3.05, 3.63) is 95.0 Å². The van der Waals surface area contributed by atoms with Crippen molar-refractivity contribution in [3.8, 4) is 11.1 Å². The molecule has 0 aliphatic heterocycles. The number of carbonyl (C=O) groups is 1. The predicted octanol–water partition coefficient (Wildman–Crippen LogP) is 4.86. The zero-order valence-electron chi connectivity index (χ0n) is 14.1. The molecule has 0 radical (unpaired) electrons. The third-order valence-corrected chi connectivity index (χ3v) is 4.26. The molecule has 0 spiro atoms. The molecule has 0 bridgehead atoms. The number of hydrogen-bond donors (Lipinski definition) is 2. The topological polar surface area (TPSA) is 55.1 Å². The summed E-state index contributed by atoms with van der Waals surface area (Å²) < 4.78 is 0. The predicted molar refractivity (Wildman–Crippen MR) is 110 cm³/mol. The van der Waals surface area contributed by atoms with Crippen molar-refractivity contribution in [1.82, 2.24) is 5.32 Å².